The van der Waals surface area contributed by atoms with Crippen LogP contribution < -0.4 is 5.32 Å². The van der Waals surface area contributed by atoms with Crippen molar-refractivity contribution in [2.24, 2.45) is 7.05 Å². The van der Waals surface area contributed by atoms with Gasteiger partial charge in [-0.15, -0.1) is 0 Å². The zero-order chi connectivity index (χ0) is 16.8. The Morgan fingerprint density at radius 1 is 1.33 bits per heavy atom. The Bertz CT molecular complexity index is 761. The summed E-state index contributed by atoms with van der Waals surface area (Å²) in [5.41, 5.74) is 2.61. The van der Waals surface area contributed by atoms with Gasteiger partial charge in [0.05, 0.1) is 18.1 Å². The van der Waals surface area contributed by atoms with Crippen LogP contribution in [0.4, 0.5) is 0 Å². The number of carbonyl (C=O) groups is 1. The molecular formula is C17H23N5O2. The van der Waals surface area contributed by atoms with Crippen molar-refractivity contribution in [1.29, 1.82) is 0 Å². The van der Waals surface area contributed by atoms with Gasteiger partial charge in [-0.3, -0.25) is 4.79 Å². The molecule has 0 unspecified atom stereocenters. The lowest BCUT2D eigenvalue weighted by Gasteiger charge is -2.20. The quantitative estimate of drug-likeness (QED) is 0.918. The van der Waals surface area contributed by atoms with E-state index >= 15 is 0 Å². The Hall–Kier alpha value is -2.15. The summed E-state index contributed by atoms with van der Waals surface area (Å²) in [6, 6.07) is 0.0549. The zero-order valence-corrected chi connectivity index (χ0v) is 14.3. The van der Waals surface area contributed by atoms with Gasteiger partial charge in [0, 0.05) is 43.9 Å². The highest BCUT2D eigenvalue weighted by atomic mass is 16.5. The van der Waals surface area contributed by atoms with E-state index in [-0.39, 0.29) is 17.9 Å². The number of hydrogen-bond donors (Lipinski definition) is 1. The number of likely N-dealkylation sites (N-methyl/N-ethyl adjacent to an activating group) is 1. The van der Waals surface area contributed by atoms with E-state index in [0.717, 1.165) is 37.3 Å². The van der Waals surface area contributed by atoms with E-state index in [2.05, 4.69) is 27.4 Å². The summed E-state index contributed by atoms with van der Waals surface area (Å²) < 4.78 is 7.32. The van der Waals surface area contributed by atoms with Crippen LogP contribution in [0.15, 0.2) is 17.0 Å². The maximum atomic E-state index is 12.9. The molecule has 0 bridgehead atoms. The molecule has 0 spiro atoms. The van der Waals surface area contributed by atoms with Crippen molar-refractivity contribution in [3.8, 4) is 0 Å². The molecular weight excluding hydrogens is 306 g/mol. The smallest absolute Gasteiger partial charge is 0.257 e. The molecule has 1 aliphatic carbocycles. The number of aryl methyl sites for hydroxylation is 2. The summed E-state index contributed by atoms with van der Waals surface area (Å²) in [5, 5.41) is 7.33. The summed E-state index contributed by atoms with van der Waals surface area (Å²) in [6.45, 7) is 3.54. The highest BCUT2D eigenvalue weighted by Crippen LogP contribution is 2.41. The van der Waals surface area contributed by atoms with Crippen LogP contribution in [-0.4, -0.2) is 51.7 Å². The highest BCUT2D eigenvalue weighted by molar-refractivity contribution is 5.96. The van der Waals surface area contributed by atoms with Crippen molar-refractivity contribution < 1.29 is 9.32 Å². The molecule has 128 valence electrons. The minimum absolute atomic E-state index is 0.0549. The van der Waals surface area contributed by atoms with Gasteiger partial charge >= 0.3 is 0 Å². The van der Waals surface area contributed by atoms with Crippen molar-refractivity contribution in [2.75, 3.05) is 20.1 Å². The van der Waals surface area contributed by atoms with Crippen LogP contribution in [0.25, 0.3) is 0 Å². The maximum absolute atomic E-state index is 12.9. The molecule has 2 aromatic rings. The van der Waals surface area contributed by atoms with Gasteiger partial charge in [-0.1, -0.05) is 5.16 Å². The van der Waals surface area contributed by atoms with Gasteiger partial charge < -0.3 is 19.3 Å². The monoisotopic (exact) mass is 329 g/mol. The van der Waals surface area contributed by atoms with E-state index in [1.807, 2.05) is 31.1 Å². The number of carbonyl (C=O) groups excluding carboxylic acids is 1. The molecule has 24 heavy (non-hydrogen) atoms. The van der Waals surface area contributed by atoms with Crippen molar-refractivity contribution in [3.05, 3.63) is 35.2 Å². The molecule has 3 heterocycles. The number of amides is 1. The lowest BCUT2D eigenvalue weighted by atomic mass is 9.99. The number of nitrogens with one attached hydrogen (secondary N) is 1. The lowest BCUT2D eigenvalue weighted by molar-refractivity contribution is 0.0933. The fraction of sp³-hybridized carbons (Fsp3) is 0.588. The van der Waals surface area contributed by atoms with E-state index < -0.39 is 0 Å². The van der Waals surface area contributed by atoms with Crippen LogP contribution in [-0.2, 0) is 7.05 Å². The molecule has 7 heteroatoms. The Morgan fingerprint density at radius 3 is 2.79 bits per heavy atom. The van der Waals surface area contributed by atoms with Crippen LogP contribution >= 0.6 is 0 Å². The predicted molar refractivity (Wildman–Crippen MR) is 87.9 cm³/mol. The minimum atomic E-state index is -0.0666. The van der Waals surface area contributed by atoms with Gasteiger partial charge in [-0.25, -0.2) is 4.98 Å². The average Bonchev–Trinajstić information content (AvgIpc) is 3.02. The standard InChI is InChI=1S/C17H23N5O2/c1-10-15(16(20-24-10)11-4-5-11)17(23)19-13-8-21(2)7-12(13)14-6-18-9-22(14)3/h6,9,11-13H,4-5,7-8H2,1-3H3,(H,19,23)/t12-,13-/m1/s1. The molecule has 2 fully saturated rings. The van der Waals surface area contributed by atoms with Gasteiger partial charge in [-0.2, -0.15) is 0 Å². The van der Waals surface area contributed by atoms with Crippen LogP contribution in [0, 0.1) is 6.92 Å². The van der Waals surface area contributed by atoms with Gasteiger partial charge in [0.15, 0.2) is 0 Å². The summed E-state index contributed by atoms with van der Waals surface area (Å²) in [6.07, 6.45) is 5.89. The molecule has 1 amide bonds. The minimum Gasteiger partial charge on any atom is -0.361 e. The van der Waals surface area contributed by atoms with Crippen LogP contribution in [0.1, 0.15) is 52.2 Å². The SMILES string of the molecule is Cc1onc(C2CC2)c1C(=O)N[C@@H]1CN(C)C[C@H]1c1cncn1C. The molecule has 2 aliphatic rings. The Kier molecular flexibility index (Phi) is 3.68. The second kappa shape index (κ2) is 5.73. The van der Waals surface area contributed by atoms with Crippen LogP contribution in [0.3, 0.4) is 0 Å². The summed E-state index contributed by atoms with van der Waals surface area (Å²) >= 11 is 0. The molecule has 7 nitrogen and oxygen atoms in total. The third kappa shape index (κ3) is 2.62. The molecule has 2 aromatic heterocycles. The van der Waals surface area contributed by atoms with Crippen LogP contribution in [0.5, 0.6) is 0 Å². The number of aromatic nitrogens is 3. The lowest BCUT2D eigenvalue weighted by Crippen LogP contribution is -2.40. The summed E-state index contributed by atoms with van der Waals surface area (Å²) in [7, 11) is 4.07. The molecule has 1 N–H and O–H groups in total. The third-order valence-corrected chi connectivity index (χ3v) is 5.13. The third-order valence-electron chi connectivity index (χ3n) is 5.13. The summed E-state index contributed by atoms with van der Waals surface area (Å²) in [4.78, 5) is 19.4. The first-order valence-corrected chi connectivity index (χ1v) is 8.46. The van der Waals surface area contributed by atoms with E-state index in [4.69, 9.17) is 4.52 Å². The number of nitrogens with zero attached hydrogens (tertiary/aromatic N) is 4. The predicted octanol–water partition coefficient (Wildman–Crippen LogP) is 1.42. The fourth-order valence-corrected chi connectivity index (χ4v) is 3.71. The molecule has 4 rings (SSSR count). The van der Waals surface area contributed by atoms with Crippen molar-refractivity contribution in [2.45, 2.75) is 37.6 Å². The molecule has 0 aromatic carbocycles. The van der Waals surface area contributed by atoms with Gasteiger partial charge in [0.2, 0.25) is 0 Å². The van der Waals surface area contributed by atoms with Crippen LogP contribution in [0.2, 0.25) is 0 Å². The molecule has 1 saturated carbocycles. The average molecular weight is 329 g/mol. The number of imidazole rings is 1. The topological polar surface area (TPSA) is 76.2 Å². The zero-order valence-electron chi connectivity index (χ0n) is 14.3. The molecule has 2 atom stereocenters. The Labute approximate surface area is 141 Å². The maximum Gasteiger partial charge on any atom is 0.257 e. The van der Waals surface area contributed by atoms with E-state index in [0.29, 0.717) is 17.2 Å². The fourth-order valence-electron chi connectivity index (χ4n) is 3.71. The van der Waals surface area contributed by atoms with E-state index in [1.54, 1.807) is 0 Å². The second-order valence-electron chi connectivity index (χ2n) is 7.11. The van der Waals surface area contributed by atoms with Gasteiger partial charge in [0.1, 0.15) is 11.3 Å². The first-order valence-electron chi connectivity index (χ1n) is 8.46. The van der Waals surface area contributed by atoms with Gasteiger partial charge in [0.25, 0.3) is 5.91 Å². The van der Waals surface area contributed by atoms with Crippen molar-refractivity contribution in [1.82, 2.24) is 24.9 Å². The number of hydrogen-bond acceptors (Lipinski definition) is 5. The second-order valence-corrected chi connectivity index (χ2v) is 7.11. The normalized spacial score (nSPS) is 24.5. The highest BCUT2D eigenvalue weighted by Gasteiger charge is 2.38. The molecule has 0 radical (unpaired) electrons. The van der Waals surface area contributed by atoms with Gasteiger partial charge in [-0.05, 0) is 26.8 Å². The largest absolute Gasteiger partial charge is 0.361 e. The Balaban J connectivity index is 1.56. The Morgan fingerprint density at radius 2 is 2.12 bits per heavy atom. The number of rotatable bonds is 4. The van der Waals surface area contributed by atoms with E-state index in [1.165, 1.54) is 0 Å². The van der Waals surface area contributed by atoms with E-state index in [9.17, 15) is 4.79 Å². The first kappa shape index (κ1) is 15.4. The summed E-state index contributed by atoms with van der Waals surface area (Å²) in [5.74, 6) is 1.17. The van der Waals surface area contributed by atoms with Crippen molar-refractivity contribution >= 4 is 5.91 Å². The molecule has 1 aliphatic heterocycles. The number of likely N-dealkylation sites (tertiary alicyclic amines) is 1. The molecule has 1 saturated heterocycles. The first-order chi connectivity index (χ1) is 11.5. The van der Waals surface area contributed by atoms with Crippen molar-refractivity contribution in [3.63, 3.8) is 0 Å².